The zero-order valence-corrected chi connectivity index (χ0v) is 25.3. The molecule has 40 heavy (non-hydrogen) atoms. The number of amides is 3. The fraction of sp³-hybridized carbons (Fsp3) is 0.581. The molecule has 1 heterocycles. The third-order valence-electron chi connectivity index (χ3n) is 7.75. The maximum Gasteiger partial charge on any atom is 0.247 e. The van der Waals surface area contributed by atoms with Crippen LogP contribution in [0.2, 0.25) is 0 Å². The maximum absolute atomic E-state index is 13.7. The van der Waals surface area contributed by atoms with E-state index in [-0.39, 0.29) is 36.1 Å². The molecular formula is C31H45N5O3S. The van der Waals surface area contributed by atoms with Gasteiger partial charge in [-0.3, -0.25) is 19.3 Å². The van der Waals surface area contributed by atoms with Crippen molar-refractivity contribution in [1.82, 2.24) is 20.5 Å². The van der Waals surface area contributed by atoms with Gasteiger partial charge in [0.05, 0.1) is 21.1 Å². The molecule has 0 radical (unpaired) electrons. The van der Waals surface area contributed by atoms with Crippen molar-refractivity contribution in [3.05, 3.63) is 40.9 Å². The second-order valence-corrected chi connectivity index (χ2v) is 11.6. The summed E-state index contributed by atoms with van der Waals surface area (Å²) >= 11 is 1.57. The van der Waals surface area contributed by atoms with Gasteiger partial charge >= 0.3 is 0 Å². The topological polar surface area (TPSA) is 104 Å². The molecule has 1 aromatic heterocycles. The first kappa shape index (κ1) is 31.6. The number of aryl methyl sites for hydroxylation is 1. The van der Waals surface area contributed by atoms with E-state index in [0.29, 0.717) is 25.1 Å². The third kappa shape index (κ3) is 9.06. The van der Waals surface area contributed by atoms with E-state index in [1.54, 1.807) is 18.3 Å². The molecule has 1 fully saturated rings. The lowest BCUT2D eigenvalue weighted by Crippen LogP contribution is -2.50. The van der Waals surface area contributed by atoms with Gasteiger partial charge in [-0.2, -0.15) is 0 Å². The van der Waals surface area contributed by atoms with Gasteiger partial charge < -0.3 is 10.6 Å². The van der Waals surface area contributed by atoms with Gasteiger partial charge in [0.1, 0.15) is 0 Å². The van der Waals surface area contributed by atoms with Crippen molar-refractivity contribution in [2.24, 2.45) is 16.8 Å². The van der Waals surface area contributed by atoms with Gasteiger partial charge in [0, 0.05) is 43.8 Å². The van der Waals surface area contributed by atoms with Gasteiger partial charge in [-0.15, -0.1) is 11.3 Å². The Balaban J connectivity index is 1.74. The normalized spacial score (nSPS) is 15.5. The Bertz CT molecular complexity index is 1200. The Morgan fingerprint density at radius 2 is 1.90 bits per heavy atom. The van der Waals surface area contributed by atoms with Gasteiger partial charge in [-0.05, 0) is 56.0 Å². The summed E-state index contributed by atoms with van der Waals surface area (Å²) in [4.78, 5) is 49.4. The van der Waals surface area contributed by atoms with Crippen molar-refractivity contribution < 1.29 is 14.4 Å². The number of aromatic nitrogens is 1. The number of benzene rings is 1. The number of thiazole rings is 1. The van der Waals surface area contributed by atoms with Crippen LogP contribution in [0, 0.1) is 11.8 Å². The number of carbonyl (C=O) groups is 3. The van der Waals surface area contributed by atoms with Crippen molar-refractivity contribution in [2.45, 2.75) is 78.7 Å². The summed E-state index contributed by atoms with van der Waals surface area (Å²) < 4.78 is 1.09. The summed E-state index contributed by atoms with van der Waals surface area (Å²) in [6.45, 7) is 14.5. The van der Waals surface area contributed by atoms with E-state index in [4.69, 9.17) is 4.98 Å². The lowest BCUT2D eigenvalue weighted by molar-refractivity contribution is -0.124. The molecule has 8 nitrogen and oxygen atoms in total. The standard InChI is InChI=1S/C31H45N5O3S/c1-6-22-14-15-25-27(16-22)40-29(34-25)17-24(18-32-28(37)7-2)31(39)35-26(23-12-10-11-13-23)19-33-30(38)21(5)20-36(8-3)9-4/h14-16,18,23-24,26H,5-13,17,19-20H2,1-4H3,(H,33,38)(H,35,39)/t24?,26-/m1/s1. The number of likely N-dealkylation sites (N-methyl/N-ethyl adjacent to an activating group) is 1. The van der Waals surface area contributed by atoms with Gasteiger partial charge in [-0.25, -0.2) is 9.98 Å². The van der Waals surface area contributed by atoms with Crippen molar-refractivity contribution in [2.75, 3.05) is 26.2 Å². The number of nitrogens with zero attached hydrogens (tertiary/aromatic N) is 3. The Hall–Kier alpha value is -2.91. The van der Waals surface area contributed by atoms with Crippen LogP contribution < -0.4 is 10.6 Å². The molecular weight excluding hydrogens is 522 g/mol. The predicted molar refractivity (Wildman–Crippen MR) is 164 cm³/mol. The third-order valence-corrected chi connectivity index (χ3v) is 8.79. The smallest absolute Gasteiger partial charge is 0.247 e. The molecule has 1 unspecified atom stereocenters. The monoisotopic (exact) mass is 567 g/mol. The minimum Gasteiger partial charge on any atom is -0.351 e. The molecule has 0 aliphatic heterocycles. The van der Waals surface area contributed by atoms with Crippen LogP contribution in [0.15, 0.2) is 35.3 Å². The lowest BCUT2D eigenvalue weighted by atomic mass is 9.96. The second kappa shape index (κ2) is 15.8. The van der Waals surface area contributed by atoms with Crippen molar-refractivity contribution in [3.8, 4) is 0 Å². The van der Waals surface area contributed by atoms with E-state index < -0.39 is 5.92 Å². The van der Waals surface area contributed by atoms with Crippen LogP contribution in [0.5, 0.6) is 0 Å². The molecule has 1 aliphatic carbocycles. The van der Waals surface area contributed by atoms with Crippen molar-refractivity contribution >= 4 is 45.5 Å². The molecule has 3 amide bonds. The van der Waals surface area contributed by atoms with Crippen LogP contribution in [0.25, 0.3) is 10.2 Å². The lowest BCUT2D eigenvalue weighted by Gasteiger charge is -2.27. The van der Waals surface area contributed by atoms with Crippen LogP contribution in [-0.2, 0) is 27.2 Å². The first-order valence-corrected chi connectivity index (χ1v) is 15.5. The Labute approximate surface area is 242 Å². The molecule has 1 aliphatic rings. The number of nitrogens with one attached hydrogen (secondary N) is 2. The fourth-order valence-electron chi connectivity index (χ4n) is 5.09. The molecule has 0 bridgehead atoms. The number of hydrogen-bond acceptors (Lipinski definition) is 6. The quantitative estimate of drug-likeness (QED) is 0.240. The molecule has 218 valence electrons. The van der Waals surface area contributed by atoms with Crippen molar-refractivity contribution in [1.29, 1.82) is 0 Å². The van der Waals surface area contributed by atoms with E-state index in [1.165, 1.54) is 11.8 Å². The summed E-state index contributed by atoms with van der Waals surface area (Å²) in [6, 6.07) is 6.03. The first-order valence-electron chi connectivity index (χ1n) is 14.7. The summed E-state index contributed by atoms with van der Waals surface area (Å²) in [5.41, 5.74) is 2.67. The summed E-state index contributed by atoms with van der Waals surface area (Å²) in [6.07, 6.45) is 7.29. The minimum absolute atomic E-state index is 0.184. The number of carbonyl (C=O) groups excluding carboxylic acids is 3. The number of aliphatic imine (C=N–C) groups is 1. The highest BCUT2D eigenvalue weighted by molar-refractivity contribution is 7.18. The molecule has 2 aromatic rings. The second-order valence-electron chi connectivity index (χ2n) is 10.5. The van der Waals surface area contributed by atoms with E-state index in [1.807, 2.05) is 6.07 Å². The van der Waals surface area contributed by atoms with Gasteiger partial charge in [-0.1, -0.05) is 53.2 Å². The Kier molecular flexibility index (Phi) is 12.5. The molecule has 0 spiro atoms. The predicted octanol–water partition coefficient (Wildman–Crippen LogP) is 4.71. The van der Waals surface area contributed by atoms with Gasteiger partial charge in [0.2, 0.25) is 17.7 Å². The molecule has 3 rings (SSSR count). The minimum atomic E-state index is -0.640. The number of rotatable bonds is 15. The van der Waals surface area contributed by atoms with Crippen molar-refractivity contribution in [3.63, 3.8) is 0 Å². The molecule has 1 aromatic carbocycles. The molecule has 0 saturated heterocycles. The number of fused-ring (bicyclic) bond motifs is 1. The largest absolute Gasteiger partial charge is 0.351 e. The number of hydrogen-bond donors (Lipinski definition) is 2. The average molecular weight is 568 g/mol. The first-order chi connectivity index (χ1) is 19.3. The average Bonchev–Trinajstić information content (AvgIpc) is 3.65. The maximum atomic E-state index is 13.7. The van der Waals surface area contributed by atoms with E-state index in [0.717, 1.165) is 60.4 Å². The Morgan fingerprint density at radius 3 is 2.55 bits per heavy atom. The summed E-state index contributed by atoms with van der Waals surface area (Å²) in [5, 5.41) is 7.06. The van der Waals surface area contributed by atoms with Crippen LogP contribution in [0.3, 0.4) is 0 Å². The van der Waals surface area contributed by atoms with E-state index >= 15 is 0 Å². The van der Waals surface area contributed by atoms with E-state index in [9.17, 15) is 14.4 Å². The highest BCUT2D eigenvalue weighted by Gasteiger charge is 2.30. The summed E-state index contributed by atoms with van der Waals surface area (Å²) in [7, 11) is 0. The highest BCUT2D eigenvalue weighted by atomic mass is 32.1. The zero-order chi connectivity index (χ0) is 29.1. The Morgan fingerprint density at radius 1 is 1.18 bits per heavy atom. The van der Waals surface area contributed by atoms with Gasteiger partial charge in [0.15, 0.2) is 0 Å². The van der Waals surface area contributed by atoms with Crippen LogP contribution in [0.1, 0.15) is 70.4 Å². The molecule has 9 heteroatoms. The molecule has 2 N–H and O–H groups in total. The zero-order valence-electron chi connectivity index (χ0n) is 24.5. The van der Waals surface area contributed by atoms with E-state index in [2.05, 4.69) is 60.0 Å². The fourth-order valence-corrected chi connectivity index (χ4v) is 6.18. The SMILES string of the molecule is C=C(CN(CC)CC)C(=O)NC[C@@H](NC(=O)C(C=NC(=O)CC)Cc1nc2ccc(CC)cc2s1)C1CCCC1. The van der Waals surface area contributed by atoms with Crippen LogP contribution in [0.4, 0.5) is 0 Å². The summed E-state index contributed by atoms with van der Waals surface area (Å²) in [5.74, 6) is -1.00. The molecule has 2 atom stereocenters. The molecule has 1 saturated carbocycles. The van der Waals surface area contributed by atoms with Crippen LogP contribution >= 0.6 is 11.3 Å². The van der Waals surface area contributed by atoms with Crippen LogP contribution in [-0.4, -0.2) is 66.0 Å². The highest BCUT2D eigenvalue weighted by Crippen LogP contribution is 2.28. The van der Waals surface area contributed by atoms with Gasteiger partial charge in [0.25, 0.3) is 0 Å².